The number of halogens is 4. The number of hydrogen-bond acceptors (Lipinski definition) is 5. The van der Waals surface area contributed by atoms with Crippen molar-refractivity contribution in [3.05, 3.63) is 32.4 Å². The molecule has 0 saturated heterocycles. The van der Waals surface area contributed by atoms with Gasteiger partial charge >= 0.3 is 12.1 Å². The maximum absolute atomic E-state index is 13.2. The Morgan fingerprint density at radius 2 is 2.17 bits per heavy atom. The first kappa shape index (κ1) is 23.0. The van der Waals surface area contributed by atoms with Gasteiger partial charge in [-0.3, -0.25) is 4.68 Å². The number of aryl methyl sites for hydroxylation is 2. The molecule has 2 N–H and O–H groups in total. The molecule has 164 valence electrons. The molecule has 1 aliphatic carbocycles. The van der Waals surface area contributed by atoms with Crippen LogP contribution in [0.3, 0.4) is 0 Å². The van der Waals surface area contributed by atoms with Crippen molar-refractivity contribution in [1.82, 2.24) is 15.1 Å². The molecule has 2 heterocycles. The van der Waals surface area contributed by atoms with E-state index in [4.69, 9.17) is 17.0 Å². The number of esters is 1. The maximum atomic E-state index is 13.2. The Kier molecular flexibility index (Phi) is 7.08. The molecule has 30 heavy (non-hydrogen) atoms. The molecule has 3 rings (SSSR count). The van der Waals surface area contributed by atoms with Gasteiger partial charge in [0.15, 0.2) is 10.8 Å². The van der Waals surface area contributed by atoms with Gasteiger partial charge < -0.3 is 15.4 Å². The van der Waals surface area contributed by atoms with Crippen LogP contribution in [0.25, 0.3) is 0 Å². The predicted octanol–water partition coefficient (Wildman–Crippen LogP) is 5.08. The van der Waals surface area contributed by atoms with Gasteiger partial charge in [-0.2, -0.15) is 18.3 Å². The van der Waals surface area contributed by atoms with Gasteiger partial charge in [0, 0.05) is 23.9 Å². The highest BCUT2D eigenvalue weighted by molar-refractivity contribution is 9.10. The molecule has 0 aliphatic heterocycles. The molecule has 1 aliphatic rings. The number of hydrogen-bond donors (Lipinski definition) is 2. The first-order chi connectivity index (χ1) is 14.1. The summed E-state index contributed by atoms with van der Waals surface area (Å²) in [4.78, 5) is 12.8. The zero-order valence-electron chi connectivity index (χ0n) is 16.2. The summed E-state index contributed by atoms with van der Waals surface area (Å²) in [5.74, 6) is -0.334. The Morgan fingerprint density at radius 1 is 1.47 bits per heavy atom. The van der Waals surface area contributed by atoms with Gasteiger partial charge in [-0.15, -0.1) is 11.3 Å². The fraction of sp³-hybridized carbons (Fsp3) is 0.500. The molecule has 0 unspecified atom stereocenters. The highest BCUT2D eigenvalue weighted by atomic mass is 79.9. The van der Waals surface area contributed by atoms with Gasteiger partial charge in [0.1, 0.15) is 5.00 Å². The van der Waals surface area contributed by atoms with Gasteiger partial charge in [-0.05, 0) is 60.4 Å². The second kappa shape index (κ2) is 9.23. The van der Waals surface area contributed by atoms with Crippen LogP contribution in [0.1, 0.15) is 51.8 Å². The summed E-state index contributed by atoms with van der Waals surface area (Å²) < 4.78 is 45.8. The van der Waals surface area contributed by atoms with Crippen molar-refractivity contribution < 1.29 is 22.7 Å². The standard InChI is InChI=1S/C18H20BrF3N4O2S2/c1-9-8-11(16(27)28-2)15(30-9)24-17(29)23-6-3-7-26-13(10-4-5-10)12(19)14(25-26)18(20,21)22/h8,10H,3-7H2,1-2H3,(H2,23,24,29). The minimum atomic E-state index is -4.49. The van der Waals surface area contributed by atoms with Crippen molar-refractivity contribution in [3.63, 3.8) is 0 Å². The summed E-state index contributed by atoms with van der Waals surface area (Å²) in [6.45, 7) is 2.64. The van der Waals surface area contributed by atoms with E-state index in [2.05, 4.69) is 31.7 Å². The number of aromatic nitrogens is 2. The van der Waals surface area contributed by atoms with Gasteiger partial charge in [0.05, 0.1) is 22.8 Å². The van der Waals surface area contributed by atoms with Crippen molar-refractivity contribution in [2.45, 2.75) is 44.8 Å². The lowest BCUT2D eigenvalue weighted by molar-refractivity contribution is -0.142. The number of alkyl halides is 3. The van der Waals surface area contributed by atoms with E-state index in [9.17, 15) is 18.0 Å². The van der Waals surface area contributed by atoms with Crippen molar-refractivity contribution in [1.29, 1.82) is 0 Å². The van der Waals surface area contributed by atoms with Crippen molar-refractivity contribution in [2.24, 2.45) is 0 Å². The highest BCUT2D eigenvalue weighted by Gasteiger charge is 2.41. The van der Waals surface area contributed by atoms with Gasteiger partial charge in [-0.1, -0.05) is 0 Å². The van der Waals surface area contributed by atoms with Crippen LogP contribution in [0.4, 0.5) is 18.2 Å². The van der Waals surface area contributed by atoms with Crippen LogP contribution < -0.4 is 10.6 Å². The van der Waals surface area contributed by atoms with Crippen LogP contribution in [0, 0.1) is 6.92 Å². The van der Waals surface area contributed by atoms with Crippen molar-refractivity contribution in [2.75, 3.05) is 19.0 Å². The molecule has 2 aromatic rings. The third-order valence-electron chi connectivity index (χ3n) is 4.48. The number of anilines is 1. The fourth-order valence-corrected chi connectivity index (χ4v) is 5.00. The van der Waals surface area contributed by atoms with Crippen LogP contribution in [-0.2, 0) is 17.5 Å². The molecular weight excluding hydrogens is 505 g/mol. The zero-order valence-corrected chi connectivity index (χ0v) is 19.4. The number of carbonyl (C=O) groups excluding carboxylic acids is 1. The number of nitrogens with zero attached hydrogens (tertiary/aromatic N) is 2. The number of carbonyl (C=O) groups is 1. The maximum Gasteiger partial charge on any atom is 0.436 e. The molecule has 1 fully saturated rings. The summed E-state index contributed by atoms with van der Waals surface area (Å²) in [6.07, 6.45) is -2.22. The number of rotatable bonds is 7. The third-order valence-corrected chi connectivity index (χ3v) is 6.48. The van der Waals surface area contributed by atoms with E-state index in [0.717, 1.165) is 17.7 Å². The molecule has 0 spiro atoms. The summed E-state index contributed by atoms with van der Waals surface area (Å²) in [7, 11) is 1.31. The van der Waals surface area contributed by atoms with E-state index in [1.165, 1.54) is 23.1 Å². The van der Waals surface area contributed by atoms with Crippen LogP contribution >= 0.6 is 39.5 Å². The average Bonchev–Trinajstić information content (AvgIpc) is 3.35. The SMILES string of the molecule is COC(=O)c1cc(C)sc1NC(=S)NCCCn1nc(C(F)(F)F)c(Br)c1C1CC1. The smallest absolute Gasteiger partial charge is 0.436 e. The molecule has 6 nitrogen and oxygen atoms in total. The van der Waals surface area contributed by atoms with Crippen LogP contribution in [0.5, 0.6) is 0 Å². The lowest BCUT2D eigenvalue weighted by Gasteiger charge is -2.11. The number of thiophene rings is 1. The van der Waals surface area contributed by atoms with Crippen LogP contribution in [0.2, 0.25) is 0 Å². The van der Waals surface area contributed by atoms with Crippen molar-refractivity contribution >= 4 is 55.6 Å². The Labute approximate surface area is 189 Å². The number of ether oxygens (including phenoxy) is 1. The molecule has 2 aromatic heterocycles. The summed E-state index contributed by atoms with van der Waals surface area (Å²) in [5.41, 5.74) is 0.136. The van der Waals surface area contributed by atoms with Crippen LogP contribution in [-0.4, -0.2) is 34.5 Å². The Hall–Kier alpha value is -1.66. The predicted molar refractivity (Wildman–Crippen MR) is 116 cm³/mol. The summed E-state index contributed by atoms with van der Waals surface area (Å²) in [6, 6.07) is 1.72. The van der Waals surface area contributed by atoms with Gasteiger partial charge in [0.25, 0.3) is 0 Å². The topological polar surface area (TPSA) is 68.2 Å². The molecule has 0 bridgehead atoms. The largest absolute Gasteiger partial charge is 0.465 e. The first-order valence-corrected chi connectivity index (χ1v) is 11.2. The van der Waals surface area contributed by atoms with E-state index in [1.807, 2.05) is 6.92 Å². The summed E-state index contributed by atoms with van der Waals surface area (Å²) >= 11 is 9.73. The minimum absolute atomic E-state index is 0.0473. The molecule has 12 heteroatoms. The molecule has 0 radical (unpaired) electrons. The Balaban J connectivity index is 1.56. The van der Waals surface area contributed by atoms with E-state index in [1.54, 1.807) is 6.07 Å². The lowest BCUT2D eigenvalue weighted by Crippen LogP contribution is -2.30. The fourth-order valence-electron chi connectivity index (χ4n) is 3.00. The molecule has 0 aromatic carbocycles. The molecular formula is C18H20BrF3N4O2S2. The van der Waals surface area contributed by atoms with E-state index < -0.39 is 17.8 Å². The molecule has 0 amide bonds. The molecule has 1 saturated carbocycles. The number of thiocarbonyl (C=S) groups is 1. The second-order valence-corrected chi connectivity index (χ2v) is 9.33. The van der Waals surface area contributed by atoms with E-state index in [-0.39, 0.29) is 10.4 Å². The van der Waals surface area contributed by atoms with Crippen LogP contribution in [0.15, 0.2) is 10.5 Å². The first-order valence-electron chi connectivity index (χ1n) is 9.18. The number of methoxy groups -OCH3 is 1. The minimum Gasteiger partial charge on any atom is -0.465 e. The normalized spacial score (nSPS) is 13.9. The lowest BCUT2D eigenvalue weighted by atomic mass is 10.2. The average molecular weight is 525 g/mol. The van der Waals surface area contributed by atoms with E-state index in [0.29, 0.717) is 40.9 Å². The second-order valence-electron chi connectivity index (χ2n) is 6.87. The highest BCUT2D eigenvalue weighted by Crippen LogP contribution is 2.47. The molecule has 0 atom stereocenters. The summed E-state index contributed by atoms with van der Waals surface area (Å²) in [5, 5.41) is 10.7. The quantitative estimate of drug-likeness (QED) is 0.299. The van der Waals surface area contributed by atoms with E-state index >= 15 is 0 Å². The monoisotopic (exact) mass is 524 g/mol. The number of nitrogens with one attached hydrogen (secondary N) is 2. The Morgan fingerprint density at radius 3 is 2.77 bits per heavy atom. The van der Waals surface area contributed by atoms with Gasteiger partial charge in [0.2, 0.25) is 0 Å². The Bertz CT molecular complexity index is 954. The third kappa shape index (κ3) is 5.33. The van der Waals surface area contributed by atoms with Gasteiger partial charge in [-0.25, -0.2) is 4.79 Å². The van der Waals surface area contributed by atoms with Crippen molar-refractivity contribution in [3.8, 4) is 0 Å². The zero-order chi connectivity index (χ0) is 22.1.